The van der Waals surface area contributed by atoms with E-state index in [9.17, 15) is 0 Å². The number of rotatable bonds is 3. The van der Waals surface area contributed by atoms with E-state index in [1.165, 1.54) is 5.57 Å². The summed E-state index contributed by atoms with van der Waals surface area (Å²) in [6.45, 7) is 11.6. The maximum Gasteiger partial charge on any atom is 0.192 e. The largest absolute Gasteiger partial charge is 0.414 e. The Morgan fingerprint density at radius 3 is 2.44 bits per heavy atom. The molecule has 94 valence electrons. The number of hydrogen-bond donors (Lipinski definition) is 1. The lowest BCUT2D eigenvalue weighted by Crippen LogP contribution is -2.44. The van der Waals surface area contributed by atoms with Crippen molar-refractivity contribution in [3.8, 4) is 0 Å². The topological polar surface area (TPSA) is 29.5 Å². The summed E-state index contributed by atoms with van der Waals surface area (Å²) in [5.74, 6) is 0. The molecule has 0 unspecified atom stereocenters. The maximum atomic E-state index is 9.04. The summed E-state index contributed by atoms with van der Waals surface area (Å²) in [5, 5.41) is 9.32. The zero-order chi connectivity index (χ0) is 12.4. The molecular weight excluding hydrogens is 216 g/mol. The van der Waals surface area contributed by atoms with E-state index in [4.69, 9.17) is 9.53 Å². The van der Waals surface area contributed by atoms with Crippen LogP contribution in [0.3, 0.4) is 0 Å². The van der Waals surface area contributed by atoms with Crippen LogP contribution >= 0.6 is 0 Å². The minimum absolute atomic E-state index is 0.215. The van der Waals surface area contributed by atoms with Crippen molar-refractivity contribution in [2.45, 2.75) is 64.3 Å². The Balaban J connectivity index is 2.54. The van der Waals surface area contributed by atoms with Crippen LogP contribution in [0.1, 0.15) is 40.0 Å². The lowest BCUT2D eigenvalue weighted by atomic mass is 9.98. The Bertz CT molecular complexity index is 264. The fourth-order valence-electron chi connectivity index (χ4n) is 1.71. The second-order valence-electron chi connectivity index (χ2n) is 6.30. The van der Waals surface area contributed by atoms with E-state index in [-0.39, 0.29) is 11.6 Å². The molecule has 3 heteroatoms. The molecule has 0 aromatic heterocycles. The third kappa shape index (κ3) is 3.44. The fraction of sp³-hybridized carbons (Fsp3) is 0.846. The van der Waals surface area contributed by atoms with Crippen molar-refractivity contribution in [3.05, 3.63) is 11.6 Å². The molecule has 0 saturated carbocycles. The number of aliphatic hydroxyl groups is 1. The summed E-state index contributed by atoms with van der Waals surface area (Å²) < 4.78 is 6.35. The summed E-state index contributed by atoms with van der Waals surface area (Å²) in [6.07, 6.45) is 5.56. The van der Waals surface area contributed by atoms with Gasteiger partial charge < -0.3 is 9.53 Å². The molecule has 0 radical (unpaired) electrons. The average molecular weight is 242 g/mol. The predicted octanol–water partition coefficient (Wildman–Crippen LogP) is 3.48. The highest BCUT2D eigenvalue weighted by molar-refractivity contribution is 6.74. The summed E-state index contributed by atoms with van der Waals surface area (Å²) in [6, 6.07) is 0. The van der Waals surface area contributed by atoms with Crippen LogP contribution < -0.4 is 0 Å². The van der Waals surface area contributed by atoms with Crippen molar-refractivity contribution in [1.82, 2.24) is 0 Å². The predicted molar refractivity (Wildman–Crippen MR) is 71.1 cm³/mol. The third-order valence-corrected chi connectivity index (χ3v) is 8.46. The molecule has 0 aromatic carbocycles. The van der Waals surface area contributed by atoms with Crippen molar-refractivity contribution in [2.24, 2.45) is 0 Å². The molecule has 2 nitrogen and oxygen atoms in total. The highest BCUT2D eigenvalue weighted by atomic mass is 28.4. The molecule has 0 aromatic rings. The number of aliphatic hydroxyl groups excluding tert-OH is 1. The van der Waals surface area contributed by atoms with Crippen LogP contribution in [0.2, 0.25) is 18.1 Å². The standard InChI is InChI=1S/C13H26O2Si/c1-13(2,3)16(4,5)15-12-8-6-11(10-14)7-9-12/h6,12,14H,7-10H2,1-5H3/t12-/m1/s1. The third-order valence-electron chi connectivity index (χ3n) is 3.93. The number of hydrogen-bond acceptors (Lipinski definition) is 2. The van der Waals surface area contributed by atoms with E-state index >= 15 is 0 Å². The van der Waals surface area contributed by atoms with E-state index in [1.54, 1.807) is 0 Å². The van der Waals surface area contributed by atoms with Crippen LogP contribution in [0.5, 0.6) is 0 Å². The smallest absolute Gasteiger partial charge is 0.192 e. The Morgan fingerprint density at radius 2 is 2.06 bits per heavy atom. The lowest BCUT2D eigenvalue weighted by Gasteiger charge is -2.40. The molecule has 0 saturated heterocycles. The summed E-state index contributed by atoms with van der Waals surface area (Å²) in [7, 11) is -1.62. The Morgan fingerprint density at radius 1 is 1.44 bits per heavy atom. The SMILES string of the molecule is CC(C)(C)[Si](C)(C)O[C@@H]1CC=C(CO)CC1. The van der Waals surface area contributed by atoms with Crippen molar-refractivity contribution in [2.75, 3.05) is 6.61 Å². The highest BCUT2D eigenvalue weighted by Crippen LogP contribution is 2.38. The quantitative estimate of drug-likeness (QED) is 0.606. The molecule has 0 aliphatic heterocycles. The minimum atomic E-state index is -1.62. The van der Waals surface area contributed by atoms with E-state index in [2.05, 4.69) is 39.9 Å². The average Bonchev–Trinajstić information content (AvgIpc) is 2.16. The lowest BCUT2D eigenvalue weighted by molar-refractivity contribution is 0.165. The molecule has 0 amide bonds. The van der Waals surface area contributed by atoms with Gasteiger partial charge in [0.2, 0.25) is 0 Å². The first-order valence-corrected chi connectivity index (χ1v) is 9.13. The van der Waals surface area contributed by atoms with Gasteiger partial charge in [-0.15, -0.1) is 0 Å². The van der Waals surface area contributed by atoms with Gasteiger partial charge in [-0.05, 0) is 43.0 Å². The minimum Gasteiger partial charge on any atom is -0.414 e. The summed E-state index contributed by atoms with van der Waals surface area (Å²) in [4.78, 5) is 0. The van der Waals surface area contributed by atoms with E-state index in [1.807, 2.05) is 0 Å². The van der Waals surface area contributed by atoms with Crippen LogP contribution in [0.4, 0.5) is 0 Å². The first-order chi connectivity index (χ1) is 7.26. The molecule has 0 spiro atoms. The fourth-order valence-corrected chi connectivity index (χ4v) is 3.11. The second-order valence-corrected chi connectivity index (χ2v) is 11.1. The van der Waals surface area contributed by atoms with Gasteiger partial charge in [0.1, 0.15) is 0 Å². The van der Waals surface area contributed by atoms with Crippen LogP contribution in [0, 0.1) is 0 Å². The van der Waals surface area contributed by atoms with Gasteiger partial charge in [0.05, 0.1) is 6.61 Å². The first kappa shape index (κ1) is 13.9. The molecule has 1 aliphatic carbocycles. The van der Waals surface area contributed by atoms with Gasteiger partial charge in [-0.25, -0.2) is 0 Å². The van der Waals surface area contributed by atoms with Crippen LogP contribution in [-0.2, 0) is 4.43 Å². The molecule has 1 rings (SSSR count). The molecule has 0 fully saturated rings. The Hall–Kier alpha value is -0.123. The Kier molecular flexibility index (Phi) is 4.38. The van der Waals surface area contributed by atoms with E-state index in [0.717, 1.165) is 19.3 Å². The molecule has 0 heterocycles. The van der Waals surface area contributed by atoms with Gasteiger partial charge in [0, 0.05) is 6.10 Å². The normalized spacial score (nSPS) is 23.1. The van der Waals surface area contributed by atoms with E-state index < -0.39 is 8.32 Å². The van der Waals surface area contributed by atoms with Crippen molar-refractivity contribution in [1.29, 1.82) is 0 Å². The van der Waals surface area contributed by atoms with Gasteiger partial charge in [-0.2, -0.15) is 0 Å². The monoisotopic (exact) mass is 242 g/mol. The van der Waals surface area contributed by atoms with Crippen molar-refractivity contribution >= 4 is 8.32 Å². The zero-order valence-corrected chi connectivity index (χ0v) is 12.3. The van der Waals surface area contributed by atoms with Gasteiger partial charge in [0.15, 0.2) is 8.32 Å². The summed E-state index contributed by atoms with van der Waals surface area (Å²) >= 11 is 0. The first-order valence-electron chi connectivity index (χ1n) is 6.23. The molecule has 1 aliphatic rings. The van der Waals surface area contributed by atoms with Crippen molar-refractivity contribution < 1.29 is 9.53 Å². The van der Waals surface area contributed by atoms with Crippen LogP contribution in [0.25, 0.3) is 0 Å². The molecule has 1 N–H and O–H groups in total. The second kappa shape index (κ2) is 5.03. The molecule has 0 bridgehead atoms. The van der Waals surface area contributed by atoms with Crippen LogP contribution in [-0.4, -0.2) is 26.1 Å². The van der Waals surface area contributed by atoms with Gasteiger partial charge in [-0.3, -0.25) is 0 Å². The molecular formula is C13H26O2Si. The maximum absolute atomic E-state index is 9.04. The highest BCUT2D eigenvalue weighted by Gasteiger charge is 2.39. The Labute approximate surface area is 101 Å². The van der Waals surface area contributed by atoms with Gasteiger partial charge >= 0.3 is 0 Å². The molecule has 16 heavy (non-hydrogen) atoms. The van der Waals surface area contributed by atoms with Crippen molar-refractivity contribution in [3.63, 3.8) is 0 Å². The van der Waals surface area contributed by atoms with Crippen LogP contribution in [0.15, 0.2) is 11.6 Å². The van der Waals surface area contributed by atoms with Gasteiger partial charge in [0.25, 0.3) is 0 Å². The van der Waals surface area contributed by atoms with Gasteiger partial charge in [-0.1, -0.05) is 26.8 Å². The zero-order valence-electron chi connectivity index (χ0n) is 11.3. The molecule has 1 atom stereocenters. The van der Waals surface area contributed by atoms with E-state index in [0.29, 0.717) is 6.10 Å². The summed E-state index contributed by atoms with van der Waals surface area (Å²) in [5.41, 5.74) is 1.18.